The van der Waals surface area contributed by atoms with E-state index < -0.39 is 11.6 Å². The molecule has 1 aromatic heterocycles. The van der Waals surface area contributed by atoms with Crippen molar-refractivity contribution < 1.29 is 35.1 Å². The summed E-state index contributed by atoms with van der Waals surface area (Å²) in [4.78, 5) is 11.7. The number of unbranched alkanes of at least 4 members (excludes halogenated alkanes) is 1. The molecule has 0 aliphatic heterocycles. The molecular weight excluding hydrogens is 354 g/mol. The molecule has 2 aromatic rings. The summed E-state index contributed by atoms with van der Waals surface area (Å²) >= 11 is 0. The van der Waals surface area contributed by atoms with Crippen LogP contribution in [0.15, 0.2) is 48.8 Å². The third-order valence-corrected chi connectivity index (χ3v) is 3.07. The molecule has 1 heterocycles. The summed E-state index contributed by atoms with van der Waals surface area (Å²) in [6.07, 6.45) is 5.62. The molecule has 1 N–H and O–H groups in total. The van der Waals surface area contributed by atoms with Gasteiger partial charge in [0.1, 0.15) is 23.9 Å². The number of benzene rings is 1. The van der Waals surface area contributed by atoms with Crippen molar-refractivity contribution in [2.75, 3.05) is 5.32 Å². The Morgan fingerprint density at radius 2 is 1.64 bits per heavy atom. The SMILES string of the molecule is O=C(CCCC[n+]1ccccc1)Nc1c(F)cccc1F.[Br-]. The molecule has 1 amide bonds. The number of rotatable bonds is 6. The van der Waals surface area contributed by atoms with Gasteiger partial charge in [-0.25, -0.2) is 13.3 Å². The van der Waals surface area contributed by atoms with E-state index in [1.165, 1.54) is 6.07 Å². The lowest BCUT2D eigenvalue weighted by Crippen LogP contribution is -3.00. The number of halogens is 3. The van der Waals surface area contributed by atoms with Crippen LogP contribution >= 0.6 is 0 Å². The molecule has 0 saturated carbocycles. The molecule has 0 atom stereocenters. The Hall–Kier alpha value is -1.82. The Morgan fingerprint density at radius 3 is 2.27 bits per heavy atom. The highest BCUT2D eigenvalue weighted by molar-refractivity contribution is 5.90. The van der Waals surface area contributed by atoms with Gasteiger partial charge in [-0.15, -0.1) is 0 Å². The van der Waals surface area contributed by atoms with Crippen molar-refractivity contribution >= 4 is 11.6 Å². The maximum Gasteiger partial charge on any atom is 0.224 e. The Kier molecular flexibility index (Phi) is 7.66. The molecule has 6 heteroatoms. The van der Waals surface area contributed by atoms with Crippen LogP contribution in [0.2, 0.25) is 0 Å². The quantitative estimate of drug-likeness (QED) is 0.566. The number of amides is 1. The molecule has 0 bridgehead atoms. The number of carbonyl (C=O) groups is 1. The van der Waals surface area contributed by atoms with E-state index in [1.807, 2.05) is 35.2 Å². The molecule has 3 nitrogen and oxygen atoms in total. The van der Waals surface area contributed by atoms with Gasteiger partial charge >= 0.3 is 0 Å². The van der Waals surface area contributed by atoms with E-state index in [0.29, 0.717) is 6.42 Å². The Labute approximate surface area is 138 Å². The van der Waals surface area contributed by atoms with E-state index in [0.717, 1.165) is 25.1 Å². The molecule has 2 rings (SSSR count). The number of nitrogens with zero attached hydrogens (tertiary/aromatic N) is 1. The van der Waals surface area contributed by atoms with Crippen molar-refractivity contribution in [3.8, 4) is 0 Å². The lowest BCUT2D eigenvalue weighted by molar-refractivity contribution is -0.697. The number of para-hydroxylation sites is 1. The lowest BCUT2D eigenvalue weighted by Gasteiger charge is -2.06. The van der Waals surface area contributed by atoms with Crippen molar-refractivity contribution in [3.05, 3.63) is 60.4 Å². The van der Waals surface area contributed by atoms with Crippen LogP contribution in [-0.2, 0) is 11.3 Å². The highest BCUT2D eigenvalue weighted by atomic mass is 79.9. The first kappa shape index (κ1) is 18.2. The van der Waals surface area contributed by atoms with E-state index in [1.54, 1.807) is 0 Å². The van der Waals surface area contributed by atoms with Gasteiger partial charge in [-0.05, 0) is 18.6 Å². The highest BCUT2D eigenvalue weighted by Crippen LogP contribution is 2.18. The van der Waals surface area contributed by atoms with E-state index in [-0.39, 0.29) is 35.0 Å². The summed E-state index contributed by atoms with van der Waals surface area (Å²) < 4.78 is 28.7. The number of pyridine rings is 1. The van der Waals surface area contributed by atoms with Crippen molar-refractivity contribution in [1.29, 1.82) is 0 Å². The Balaban J connectivity index is 0.00000242. The number of hydrogen-bond acceptors (Lipinski definition) is 1. The zero-order valence-electron chi connectivity index (χ0n) is 11.9. The van der Waals surface area contributed by atoms with Gasteiger partial charge in [-0.2, -0.15) is 0 Å². The minimum absolute atomic E-state index is 0. The fourth-order valence-corrected chi connectivity index (χ4v) is 1.98. The van der Waals surface area contributed by atoms with Crippen molar-refractivity contribution in [2.24, 2.45) is 0 Å². The van der Waals surface area contributed by atoms with E-state index >= 15 is 0 Å². The van der Waals surface area contributed by atoms with Gasteiger partial charge < -0.3 is 22.3 Å². The summed E-state index contributed by atoms with van der Waals surface area (Å²) in [5.74, 6) is -1.90. The summed E-state index contributed by atoms with van der Waals surface area (Å²) in [6.45, 7) is 0.808. The van der Waals surface area contributed by atoms with Gasteiger partial charge in [0.05, 0.1) is 0 Å². The zero-order chi connectivity index (χ0) is 15.1. The zero-order valence-corrected chi connectivity index (χ0v) is 13.5. The number of aromatic nitrogens is 1. The van der Waals surface area contributed by atoms with Gasteiger partial charge in [-0.1, -0.05) is 12.1 Å². The summed E-state index contributed by atoms with van der Waals surface area (Å²) in [7, 11) is 0. The molecule has 0 aliphatic carbocycles. The number of anilines is 1. The fraction of sp³-hybridized carbons (Fsp3) is 0.250. The molecule has 0 aliphatic rings. The van der Waals surface area contributed by atoms with Crippen LogP contribution in [0.5, 0.6) is 0 Å². The van der Waals surface area contributed by atoms with Crippen LogP contribution in [0.25, 0.3) is 0 Å². The second-order valence-electron chi connectivity index (χ2n) is 4.72. The van der Waals surface area contributed by atoms with E-state index in [2.05, 4.69) is 5.32 Å². The standard InChI is InChI=1S/C16H16F2N2O.BrH/c17-13-7-6-8-14(18)16(13)19-15(21)9-2-5-12-20-10-3-1-4-11-20;/h1,3-4,6-8,10-11H,2,5,9,12H2;1H. The molecule has 22 heavy (non-hydrogen) atoms. The van der Waals surface area contributed by atoms with Gasteiger partial charge in [-0.3, -0.25) is 4.79 Å². The first-order valence-corrected chi connectivity index (χ1v) is 6.85. The third kappa shape index (κ3) is 5.52. The molecule has 118 valence electrons. The molecule has 0 saturated heterocycles. The minimum Gasteiger partial charge on any atom is -1.00 e. The lowest BCUT2D eigenvalue weighted by atomic mass is 10.2. The topological polar surface area (TPSA) is 33.0 Å². The van der Waals surface area contributed by atoms with Gasteiger partial charge in [0.25, 0.3) is 0 Å². The van der Waals surface area contributed by atoms with Crippen LogP contribution in [0, 0.1) is 11.6 Å². The number of aryl methyl sites for hydroxylation is 1. The Morgan fingerprint density at radius 1 is 1.00 bits per heavy atom. The van der Waals surface area contributed by atoms with Crippen LogP contribution in [-0.4, -0.2) is 5.91 Å². The average Bonchev–Trinajstić information content (AvgIpc) is 2.49. The van der Waals surface area contributed by atoms with Crippen molar-refractivity contribution in [2.45, 2.75) is 25.8 Å². The molecular formula is C16H17BrF2N2O. The third-order valence-electron chi connectivity index (χ3n) is 3.07. The maximum atomic E-state index is 13.4. The van der Waals surface area contributed by atoms with Gasteiger partial charge in [0.2, 0.25) is 5.91 Å². The summed E-state index contributed by atoms with van der Waals surface area (Å²) in [6, 6.07) is 9.31. The van der Waals surface area contributed by atoms with Crippen molar-refractivity contribution in [1.82, 2.24) is 0 Å². The van der Waals surface area contributed by atoms with Gasteiger partial charge in [0, 0.05) is 25.0 Å². The second-order valence-corrected chi connectivity index (χ2v) is 4.72. The minimum atomic E-state index is -0.761. The van der Waals surface area contributed by atoms with E-state index in [4.69, 9.17) is 0 Å². The monoisotopic (exact) mass is 370 g/mol. The molecule has 0 fully saturated rings. The molecule has 0 radical (unpaired) electrons. The average molecular weight is 371 g/mol. The normalized spacial score (nSPS) is 9.91. The van der Waals surface area contributed by atoms with Crippen LogP contribution in [0.3, 0.4) is 0 Å². The first-order valence-electron chi connectivity index (χ1n) is 6.85. The fourth-order valence-electron chi connectivity index (χ4n) is 1.98. The predicted octanol–water partition coefficient (Wildman–Crippen LogP) is 0.0653. The van der Waals surface area contributed by atoms with Gasteiger partial charge in [0.15, 0.2) is 12.4 Å². The smallest absolute Gasteiger partial charge is 0.224 e. The number of nitrogens with one attached hydrogen (secondary N) is 1. The molecule has 0 unspecified atom stereocenters. The highest BCUT2D eigenvalue weighted by Gasteiger charge is 2.11. The van der Waals surface area contributed by atoms with Crippen molar-refractivity contribution in [3.63, 3.8) is 0 Å². The maximum absolute atomic E-state index is 13.4. The van der Waals surface area contributed by atoms with E-state index in [9.17, 15) is 13.6 Å². The summed E-state index contributed by atoms with van der Waals surface area (Å²) in [5.41, 5.74) is -0.375. The number of hydrogen-bond donors (Lipinski definition) is 1. The summed E-state index contributed by atoms with van der Waals surface area (Å²) in [5, 5.41) is 2.28. The first-order chi connectivity index (χ1) is 10.2. The second kappa shape index (κ2) is 9.25. The Bertz CT molecular complexity index is 588. The largest absolute Gasteiger partial charge is 1.00 e. The van der Waals surface area contributed by atoms with Crippen LogP contribution in [0.1, 0.15) is 19.3 Å². The van der Waals surface area contributed by atoms with Crippen LogP contribution in [0.4, 0.5) is 14.5 Å². The molecule has 1 aromatic carbocycles. The number of carbonyl (C=O) groups excluding carboxylic acids is 1. The van der Waals surface area contributed by atoms with Crippen LogP contribution < -0.4 is 26.9 Å². The predicted molar refractivity (Wildman–Crippen MR) is 75.5 cm³/mol. The molecule has 0 spiro atoms.